The van der Waals surface area contributed by atoms with Gasteiger partial charge in [0.2, 0.25) is 0 Å². The second-order valence-electron chi connectivity index (χ2n) is 2.74. The predicted molar refractivity (Wildman–Crippen MR) is 63.4 cm³/mol. The van der Waals surface area contributed by atoms with Gasteiger partial charge in [-0.25, -0.2) is 0 Å². The Bertz CT molecular complexity index is 330. The Morgan fingerprint density at radius 1 is 1.43 bits per heavy atom. The molecule has 0 heterocycles. The van der Waals surface area contributed by atoms with Crippen LogP contribution >= 0.6 is 12.2 Å². The highest BCUT2D eigenvalue weighted by Crippen LogP contribution is 2.12. The molecule has 14 heavy (non-hydrogen) atoms. The molecular formula is C11H13NOS. The van der Waals surface area contributed by atoms with Crippen LogP contribution in [-0.4, -0.2) is 11.6 Å². The van der Waals surface area contributed by atoms with E-state index < -0.39 is 0 Å². The van der Waals surface area contributed by atoms with Gasteiger partial charge in [0.25, 0.3) is 0 Å². The van der Waals surface area contributed by atoms with E-state index in [2.05, 4.69) is 0 Å². The summed E-state index contributed by atoms with van der Waals surface area (Å²) in [5.74, 6) is 0.875. The lowest BCUT2D eigenvalue weighted by atomic mass is 10.2. The minimum absolute atomic E-state index is 0.388. The van der Waals surface area contributed by atoms with Crippen molar-refractivity contribution in [1.29, 1.82) is 0 Å². The molecule has 0 atom stereocenters. The van der Waals surface area contributed by atoms with Crippen molar-refractivity contribution in [1.82, 2.24) is 0 Å². The zero-order valence-electron chi connectivity index (χ0n) is 8.07. The van der Waals surface area contributed by atoms with E-state index >= 15 is 0 Å². The minimum Gasteiger partial charge on any atom is -0.494 e. The number of ether oxygens (including phenoxy) is 1. The monoisotopic (exact) mass is 207 g/mol. The maximum absolute atomic E-state index is 5.34. The molecule has 1 aromatic carbocycles. The lowest BCUT2D eigenvalue weighted by molar-refractivity contribution is 0.340. The first-order chi connectivity index (χ1) is 6.72. The molecule has 0 aliphatic carbocycles. The number of hydrogen-bond acceptors (Lipinski definition) is 2. The lowest BCUT2D eigenvalue weighted by Crippen LogP contribution is -2.01. The van der Waals surface area contributed by atoms with Crippen molar-refractivity contribution in [2.75, 3.05) is 6.61 Å². The second-order valence-corrected chi connectivity index (χ2v) is 3.21. The van der Waals surface area contributed by atoms with E-state index in [1.54, 1.807) is 6.08 Å². The van der Waals surface area contributed by atoms with E-state index in [0.717, 1.165) is 11.3 Å². The van der Waals surface area contributed by atoms with Gasteiger partial charge in [-0.15, -0.1) is 0 Å². The molecule has 0 fully saturated rings. The lowest BCUT2D eigenvalue weighted by Gasteiger charge is -2.01. The van der Waals surface area contributed by atoms with Crippen LogP contribution in [0.15, 0.2) is 30.3 Å². The van der Waals surface area contributed by atoms with Crippen LogP contribution in [0.3, 0.4) is 0 Å². The van der Waals surface area contributed by atoms with Crippen molar-refractivity contribution in [2.24, 2.45) is 5.73 Å². The van der Waals surface area contributed by atoms with Gasteiger partial charge < -0.3 is 10.5 Å². The van der Waals surface area contributed by atoms with Crippen LogP contribution in [0.1, 0.15) is 12.5 Å². The summed E-state index contributed by atoms with van der Waals surface area (Å²) in [7, 11) is 0. The van der Waals surface area contributed by atoms with Crippen molar-refractivity contribution in [3.05, 3.63) is 35.9 Å². The van der Waals surface area contributed by atoms with E-state index in [1.165, 1.54) is 0 Å². The molecule has 74 valence electrons. The maximum Gasteiger partial charge on any atom is 0.119 e. The zero-order valence-corrected chi connectivity index (χ0v) is 8.88. The highest BCUT2D eigenvalue weighted by molar-refractivity contribution is 7.80. The van der Waals surface area contributed by atoms with E-state index in [0.29, 0.717) is 11.6 Å². The summed E-state index contributed by atoms with van der Waals surface area (Å²) in [6.07, 6.45) is 3.57. The van der Waals surface area contributed by atoms with E-state index in [-0.39, 0.29) is 0 Å². The third-order valence-corrected chi connectivity index (χ3v) is 1.77. The van der Waals surface area contributed by atoms with Gasteiger partial charge in [0.1, 0.15) is 5.75 Å². The van der Waals surface area contributed by atoms with Gasteiger partial charge in [-0.2, -0.15) is 0 Å². The van der Waals surface area contributed by atoms with Gasteiger partial charge in [0.05, 0.1) is 11.6 Å². The van der Waals surface area contributed by atoms with E-state index in [1.807, 2.05) is 37.3 Å². The quantitative estimate of drug-likeness (QED) is 0.608. The van der Waals surface area contributed by atoms with Gasteiger partial charge in [0.15, 0.2) is 0 Å². The van der Waals surface area contributed by atoms with Crippen molar-refractivity contribution < 1.29 is 4.74 Å². The maximum atomic E-state index is 5.34. The summed E-state index contributed by atoms with van der Waals surface area (Å²) >= 11 is 4.73. The second kappa shape index (κ2) is 5.40. The molecule has 2 N–H and O–H groups in total. The minimum atomic E-state index is 0.388. The number of thiocarbonyl (C=S) groups is 1. The normalized spacial score (nSPS) is 10.4. The first-order valence-electron chi connectivity index (χ1n) is 4.42. The molecule has 1 aromatic rings. The Labute approximate surface area is 89.4 Å². The fraction of sp³-hybridized carbons (Fsp3) is 0.182. The average molecular weight is 207 g/mol. The van der Waals surface area contributed by atoms with Crippen molar-refractivity contribution in [2.45, 2.75) is 6.92 Å². The molecule has 0 unspecified atom stereocenters. The summed E-state index contributed by atoms with van der Waals surface area (Å²) in [5.41, 5.74) is 6.39. The number of nitrogens with two attached hydrogens (primary N) is 1. The van der Waals surface area contributed by atoms with Crippen LogP contribution in [-0.2, 0) is 0 Å². The molecule has 0 spiro atoms. The standard InChI is InChI=1S/C11H13NOS/c1-2-13-10-6-3-9(4-7-10)5-8-11(12)14/h3-8H,2H2,1H3,(H2,12,14)/b8-5+. The Morgan fingerprint density at radius 3 is 2.57 bits per heavy atom. The fourth-order valence-electron chi connectivity index (χ4n) is 1.02. The Balaban J connectivity index is 2.68. The van der Waals surface area contributed by atoms with Crippen molar-refractivity contribution >= 4 is 23.3 Å². The molecule has 0 aliphatic rings. The van der Waals surface area contributed by atoms with Crippen LogP contribution in [0.4, 0.5) is 0 Å². The molecule has 0 bridgehead atoms. The van der Waals surface area contributed by atoms with Crippen LogP contribution in [0.2, 0.25) is 0 Å². The first-order valence-corrected chi connectivity index (χ1v) is 4.83. The number of benzene rings is 1. The van der Waals surface area contributed by atoms with Crippen molar-refractivity contribution in [3.63, 3.8) is 0 Å². The topological polar surface area (TPSA) is 35.2 Å². The number of rotatable bonds is 4. The Morgan fingerprint density at radius 2 is 2.07 bits per heavy atom. The highest BCUT2D eigenvalue weighted by Gasteiger charge is 1.91. The summed E-state index contributed by atoms with van der Waals surface area (Å²) < 4.78 is 5.31. The molecule has 0 aliphatic heterocycles. The van der Waals surface area contributed by atoms with Gasteiger partial charge in [-0.1, -0.05) is 30.4 Å². The molecule has 0 saturated carbocycles. The van der Waals surface area contributed by atoms with Gasteiger partial charge in [0, 0.05) is 0 Å². The summed E-state index contributed by atoms with van der Waals surface area (Å²) in [4.78, 5) is 0.388. The largest absolute Gasteiger partial charge is 0.494 e. The van der Waals surface area contributed by atoms with Gasteiger partial charge in [-0.05, 0) is 30.7 Å². The smallest absolute Gasteiger partial charge is 0.119 e. The first kappa shape index (κ1) is 10.7. The van der Waals surface area contributed by atoms with E-state index in [9.17, 15) is 0 Å². The van der Waals surface area contributed by atoms with Crippen LogP contribution in [0.25, 0.3) is 6.08 Å². The van der Waals surface area contributed by atoms with Crippen molar-refractivity contribution in [3.8, 4) is 5.75 Å². The molecule has 2 nitrogen and oxygen atoms in total. The molecule has 0 amide bonds. The molecule has 1 rings (SSSR count). The Kier molecular flexibility index (Phi) is 4.13. The summed E-state index contributed by atoms with van der Waals surface area (Å²) in [6.45, 7) is 2.64. The van der Waals surface area contributed by atoms with E-state index in [4.69, 9.17) is 22.7 Å². The highest BCUT2D eigenvalue weighted by atomic mass is 32.1. The van der Waals surface area contributed by atoms with Crippen LogP contribution in [0, 0.1) is 0 Å². The SMILES string of the molecule is CCOc1ccc(/C=C/C(N)=S)cc1. The molecule has 0 radical (unpaired) electrons. The third kappa shape index (κ3) is 3.58. The number of hydrogen-bond donors (Lipinski definition) is 1. The summed E-state index contributed by atoms with van der Waals surface area (Å²) in [5, 5.41) is 0. The fourth-order valence-corrected chi connectivity index (χ4v) is 1.09. The molecule has 0 aromatic heterocycles. The molecule has 0 saturated heterocycles. The van der Waals surface area contributed by atoms with Crippen LogP contribution in [0.5, 0.6) is 5.75 Å². The van der Waals surface area contributed by atoms with Gasteiger partial charge in [-0.3, -0.25) is 0 Å². The molecule has 3 heteroatoms. The van der Waals surface area contributed by atoms with Gasteiger partial charge >= 0.3 is 0 Å². The van der Waals surface area contributed by atoms with Crippen LogP contribution < -0.4 is 10.5 Å². The molecular weight excluding hydrogens is 194 g/mol. The Hall–Kier alpha value is -1.35. The zero-order chi connectivity index (χ0) is 10.4. The predicted octanol–water partition coefficient (Wildman–Crippen LogP) is 2.38. The average Bonchev–Trinajstić information content (AvgIpc) is 2.17. The third-order valence-electron chi connectivity index (χ3n) is 1.63. The summed E-state index contributed by atoms with van der Waals surface area (Å²) in [6, 6.07) is 7.75.